The Morgan fingerprint density at radius 1 is 1.09 bits per heavy atom. The highest BCUT2D eigenvalue weighted by atomic mass is 19.4. The average molecular weight is 488 g/mol. The summed E-state index contributed by atoms with van der Waals surface area (Å²) in [6, 6.07) is 9.90. The van der Waals surface area contributed by atoms with E-state index in [0.717, 1.165) is 63.2 Å². The van der Waals surface area contributed by atoms with Crippen LogP contribution in [0.5, 0.6) is 5.75 Å². The van der Waals surface area contributed by atoms with Crippen LogP contribution in [-0.2, 0) is 23.9 Å². The molecule has 1 aliphatic carbocycles. The third-order valence-electron chi connectivity index (χ3n) is 8.04. The van der Waals surface area contributed by atoms with Gasteiger partial charge in [-0.1, -0.05) is 12.1 Å². The van der Waals surface area contributed by atoms with Gasteiger partial charge in [0.2, 0.25) is 5.91 Å². The van der Waals surface area contributed by atoms with Gasteiger partial charge in [0.15, 0.2) is 0 Å². The van der Waals surface area contributed by atoms with E-state index in [9.17, 15) is 18.0 Å². The van der Waals surface area contributed by atoms with Crippen LogP contribution in [0.3, 0.4) is 0 Å². The van der Waals surface area contributed by atoms with Crippen LogP contribution in [0.15, 0.2) is 36.5 Å². The van der Waals surface area contributed by atoms with Crippen molar-refractivity contribution in [1.82, 2.24) is 14.8 Å². The zero-order valence-corrected chi connectivity index (χ0v) is 20.1. The Kier molecular flexibility index (Phi) is 6.75. The number of nitrogens with zero attached hydrogens (tertiary/aromatic N) is 3. The van der Waals surface area contributed by atoms with E-state index in [-0.39, 0.29) is 18.4 Å². The first-order valence-electron chi connectivity index (χ1n) is 12.5. The molecule has 188 valence electrons. The number of aromatic nitrogens is 1. The molecule has 5 rings (SSSR count). The van der Waals surface area contributed by atoms with Crippen molar-refractivity contribution in [2.24, 2.45) is 5.92 Å². The summed E-state index contributed by atoms with van der Waals surface area (Å²) in [6.45, 7) is 2.79. The van der Waals surface area contributed by atoms with Gasteiger partial charge >= 0.3 is 6.18 Å². The molecule has 1 aromatic heterocycles. The summed E-state index contributed by atoms with van der Waals surface area (Å²) in [5, 5.41) is 0. The number of halogens is 3. The highest BCUT2D eigenvalue weighted by Crippen LogP contribution is 2.37. The third-order valence-corrected chi connectivity index (χ3v) is 8.04. The van der Waals surface area contributed by atoms with Crippen LogP contribution < -0.4 is 4.74 Å². The lowest BCUT2D eigenvalue weighted by molar-refractivity contribution is -0.138. The summed E-state index contributed by atoms with van der Waals surface area (Å²) < 4.78 is 44.7. The third kappa shape index (κ3) is 5.17. The molecule has 35 heavy (non-hydrogen) atoms. The number of pyridine rings is 1. The van der Waals surface area contributed by atoms with E-state index >= 15 is 0 Å². The first-order chi connectivity index (χ1) is 16.8. The Hall–Kier alpha value is -2.61. The molecule has 2 fully saturated rings. The molecule has 0 radical (unpaired) electrons. The van der Waals surface area contributed by atoms with Gasteiger partial charge in [-0.2, -0.15) is 13.2 Å². The normalized spacial score (nSPS) is 23.8. The lowest BCUT2D eigenvalue weighted by atomic mass is 9.88. The van der Waals surface area contributed by atoms with Crippen LogP contribution in [0.1, 0.15) is 60.4 Å². The molecule has 0 bridgehead atoms. The highest BCUT2D eigenvalue weighted by Gasteiger charge is 2.38. The van der Waals surface area contributed by atoms with Crippen molar-refractivity contribution < 1.29 is 22.7 Å². The van der Waals surface area contributed by atoms with E-state index in [1.807, 2.05) is 12.1 Å². The van der Waals surface area contributed by atoms with Gasteiger partial charge in [-0.05, 0) is 80.4 Å². The second kappa shape index (κ2) is 9.80. The Bertz CT molecular complexity index is 1070. The molecule has 2 unspecified atom stereocenters. The van der Waals surface area contributed by atoms with Crippen LogP contribution in [0.25, 0.3) is 0 Å². The Labute approximate surface area is 204 Å². The topological polar surface area (TPSA) is 45.7 Å². The summed E-state index contributed by atoms with van der Waals surface area (Å²) in [4.78, 5) is 21.6. The maximum atomic E-state index is 13.3. The predicted octanol–water partition coefficient (Wildman–Crippen LogP) is 5.04. The SMILES string of the molecule is COc1cccc(C2CCN(C3CCC(C(=O)N4CCc5ncc(C(F)(F)F)cc5C4)C3)CC2)c1. The van der Waals surface area contributed by atoms with E-state index < -0.39 is 11.7 Å². The van der Waals surface area contributed by atoms with Gasteiger partial charge in [-0.3, -0.25) is 9.78 Å². The number of rotatable bonds is 4. The van der Waals surface area contributed by atoms with Gasteiger partial charge < -0.3 is 14.5 Å². The molecule has 3 heterocycles. The fraction of sp³-hybridized carbons (Fsp3) is 0.556. The molecule has 2 aliphatic heterocycles. The molecule has 5 nitrogen and oxygen atoms in total. The average Bonchev–Trinajstić information content (AvgIpc) is 3.37. The van der Waals surface area contributed by atoms with Crippen LogP contribution in [0.2, 0.25) is 0 Å². The van der Waals surface area contributed by atoms with Crippen molar-refractivity contribution in [1.29, 1.82) is 0 Å². The maximum absolute atomic E-state index is 13.3. The second-order valence-corrected chi connectivity index (χ2v) is 10.1. The minimum absolute atomic E-state index is 0.0450. The van der Waals surface area contributed by atoms with E-state index in [0.29, 0.717) is 36.2 Å². The number of carbonyl (C=O) groups excluding carboxylic acids is 1. The smallest absolute Gasteiger partial charge is 0.417 e. The number of hydrogen-bond donors (Lipinski definition) is 0. The van der Waals surface area contributed by atoms with E-state index in [4.69, 9.17) is 4.74 Å². The fourth-order valence-electron chi connectivity index (χ4n) is 6.03. The van der Waals surface area contributed by atoms with Crippen LogP contribution in [0.4, 0.5) is 13.2 Å². The standard InChI is InChI=1S/C27H32F3N3O2/c1-35-24-4-2-3-19(15-24)18-7-10-32(11-8-18)23-6-5-20(14-23)26(34)33-12-9-25-21(17-33)13-22(16-31-25)27(28,29)30/h2-4,13,15-16,18,20,23H,5-12,14,17H2,1H3. The minimum Gasteiger partial charge on any atom is -0.497 e. The molecule has 0 N–H and O–H groups in total. The van der Waals surface area contributed by atoms with Crippen molar-refractivity contribution in [2.75, 3.05) is 26.7 Å². The number of fused-ring (bicyclic) bond motifs is 1. The number of alkyl halides is 3. The van der Waals surface area contributed by atoms with Crippen LogP contribution >= 0.6 is 0 Å². The van der Waals surface area contributed by atoms with Crippen molar-refractivity contribution >= 4 is 5.91 Å². The molecule has 1 aromatic carbocycles. The zero-order valence-electron chi connectivity index (χ0n) is 20.1. The monoisotopic (exact) mass is 487 g/mol. The molecule has 0 spiro atoms. The summed E-state index contributed by atoms with van der Waals surface area (Å²) in [7, 11) is 1.69. The Balaban J connectivity index is 1.16. The van der Waals surface area contributed by atoms with Gasteiger partial charge in [-0.15, -0.1) is 0 Å². The summed E-state index contributed by atoms with van der Waals surface area (Å²) in [6.07, 6.45) is 1.87. The molecule has 1 saturated carbocycles. The molecule has 3 aliphatic rings. The molecular formula is C27H32F3N3O2. The summed E-state index contributed by atoms with van der Waals surface area (Å²) in [5.41, 5.74) is 1.78. The quantitative estimate of drug-likeness (QED) is 0.606. The van der Waals surface area contributed by atoms with Crippen molar-refractivity contribution in [3.8, 4) is 5.75 Å². The second-order valence-electron chi connectivity index (χ2n) is 10.1. The number of likely N-dealkylation sites (tertiary alicyclic amines) is 1. The number of benzene rings is 1. The minimum atomic E-state index is -4.42. The molecule has 2 atom stereocenters. The van der Waals surface area contributed by atoms with Crippen molar-refractivity contribution in [3.63, 3.8) is 0 Å². The van der Waals surface area contributed by atoms with Gasteiger partial charge in [-0.25, -0.2) is 0 Å². The Morgan fingerprint density at radius 3 is 2.63 bits per heavy atom. The Morgan fingerprint density at radius 2 is 1.89 bits per heavy atom. The van der Waals surface area contributed by atoms with Crippen LogP contribution in [0, 0.1) is 5.92 Å². The van der Waals surface area contributed by atoms with E-state index in [1.165, 1.54) is 5.56 Å². The van der Waals surface area contributed by atoms with Crippen molar-refractivity contribution in [2.45, 2.75) is 63.2 Å². The maximum Gasteiger partial charge on any atom is 0.417 e. The van der Waals surface area contributed by atoms with Gasteiger partial charge in [0, 0.05) is 43.4 Å². The first kappa shape index (κ1) is 24.1. The molecule has 1 amide bonds. The number of amides is 1. The highest BCUT2D eigenvalue weighted by molar-refractivity contribution is 5.79. The molecule has 1 saturated heterocycles. The van der Waals surface area contributed by atoms with E-state index in [2.05, 4.69) is 22.0 Å². The predicted molar refractivity (Wildman–Crippen MR) is 126 cm³/mol. The summed E-state index contributed by atoms with van der Waals surface area (Å²) >= 11 is 0. The number of piperidine rings is 1. The van der Waals surface area contributed by atoms with Crippen molar-refractivity contribution in [3.05, 3.63) is 58.9 Å². The van der Waals surface area contributed by atoms with Gasteiger partial charge in [0.05, 0.1) is 12.7 Å². The number of ether oxygens (including phenoxy) is 1. The van der Waals surface area contributed by atoms with Crippen LogP contribution in [-0.4, -0.2) is 53.5 Å². The largest absolute Gasteiger partial charge is 0.497 e. The number of hydrogen-bond acceptors (Lipinski definition) is 4. The van der Waals surface area contributed by atoms with Gasteiger partial charge in [0.1, 0.15) is 5.75 Å². The molecule has 8 heteroatoms. The number of methoxy groups -OCH3 is 1. The molecule has 2 aromatic rings. The van der Waals surface area contributed by atoms with Gasteiger partial charge in [0.25, 0.3) is 0 Å². The lowest BCUT2D eigenvalue weighted by Gasteiger charge is -2.36. The lowest BCUT2D eigenvalue weighted by Crippen LogP contribution is -2.42. The zero-order chi connectivity index (χ0) is 24.6. The number of carbonyl (C=O) groups is 1. The fourth-order valence-corrected chi connectivity index (χ4v) is 6.03. The first-order valence-corrected chi connectivity index (χ1v) is 12.5. The summed E-state index contributed by atoms with van der Waals surface area (Å²) in [5.74, 6) is 1.47. The molecular weight excluding hydrogens is 455 g/mol. The van der Waals surface area contributed by atoms with E-state index in [1.54, 1.807) is 12.0 Å².